The molecule has 1 amide bonds. The van der Waals surface area contributed by atoms with Gasteiger partial charge in [-0.1, -0.05) is 12.8 Å². The minimum absolute atomic E-state index is 0.0506. The predicted molar refractivity (Wildman–Crippen MR) is 60.0 cm³/mol. The standard InChI is InChI=1S/C12H21NO3/c14-8-7-13(10-4-1-2-5-10)12(15)11-6-3-9-16-11/h10-11,14H,1-9H2/t11-/m0/s1. The monoisotopic (exact) mass is 227 g/mol. The molecule has 0 aromatic heterocycles. The van der Waals surface area contributed by atoms with E-state index >= 15 is 0 Å². The van der Waals surface area contributed by atoms with Crippen molar-refractivity contribution in [1.29, 1.82) is 0 Å². The van der Waals surface area contributed by atoms with E-state index in [9.17, 15) is 4.79 Å². The zero-order valence-electron chi connectivity index (χ0n) is 9.73. The second-order valence-corrected chi connectivity index (χ2v) is 4.70. The van der Waals surface area contributed by atoms with Crippen molar-refractivity contribution < 1.29 is 14.6 Å². The van der Waals surface area contributed by atoms with Gasteiger partial charge in [0, 0.05) is 19.2 Å². The van der Waals surface area contributed by atoms with E-state index in [4.69, 9.17) is 9.84 Å². The van der Waals surface area contributed by atoms with Gasteiger partial charge >= 0.3 is 0 Å². The molecule has 4 nitrogen and oxygen atoms in total. The van der Waals surface area contributed by atoms with Gasteiger partial charge in [-0.05, 0) is 25.7 Å². The molecule has 0 radical (unpaired) electrons. The molecule has 1 saturated heterocycles. The summed E-state index contributed by atoms with van der Waals surface area (Å²) in [4.78, 5) is 14.1. The minimum Gasteiger partial charge on any atom is -0.395 e. The molecule has 16 heavy (non-hydrogen) atoms. The van der Waals surface area contributed by atoms with Crippen LogP contribution in [-0.2, 0) is 9.53 Å². The number of hydrogen-bond acceptors (Lipinski definition) is 3. The number of carbonyl (C=O) groups excluding carboxylic acids is 1. The smallest absolute Gasteiger partial charge is 0.252 e. The molecule has 1 aliphatic carbocycles. The van der Waals surface area contributed by atoms with Crippen molar-refractivity contribution in [2.24, 2.45) is 0 Å². The Kier molecular flexibility index (Phi) is 4.18. The van der Waals surface area contributed by atoms with E-state index < -0.39 is 0 Å². The molecule has 0 unspecified atom stereocenters. The van der Waals surface area contributed by atoms with Gasteiger partial charge < -0.3 is 14.7 Å². The maximum atomic E-state index is 12.2. The molecule has 0 aromatic rings. The van der Waals surface area contributed by atoms with E-state index in [-0.39, 0.29) is 18.6 Å². The summed E-state index contributed by atoms with van der Waals surface area (Å²) in [6.45, 7) is 1.21. The van der Waals surface area contributed by atoms with Crippen molar-refractivity contribution >= 4 is 5.91 Å². The van der Waals surface area contributed by atoms with Gasteiger partial charge in [0.25, 0.3) is 5.91 Å². The third-order valence-corrected chi connectivity index (χ3v) is 3.59. The molecule has 1 heterocycles. The highest BCUT2D eigenvalue weighted by Crippen LogP contribution is 2.25. The number of hydrogen-bond donors (Lipinski definition) is 1. The van der Waals surface area contributed by atoms with Crippen molar-refractivity contribution in [3.05, 3.63) is 0 Å². The topological polar surface area (TPSA) is 49.8 Å². The summed E-state index contributed by atoms with van der Waals surface area (Å²) >= 11 is 0. The Hall–Kier alpha value is -0.610. The highest BCUT2D eigenvalue weighted by atomic mass is 16.5. The first-order valence-corrected chi connectivity index (χ1v) is 6.36. The fourth-order valence-electron chi connectivity index (χ4n) is 2.75. The first-order valence-electron chi connectivity index (χ1n) is 6.36. The number of carbonyl (C=O) groups is 1. The fourth-order valence-corrected chi connectivity index (χ4v) is 2.75. The summed E-state index contributed by atoms with van der Waals surface area (Å²) in [5, 5.41) is 9.05. The Morgan fingerprint density at radius 2 is 2.00 bits per heavy atom. The lowest BCUT2D eigenvalue weighted by Gasteiger charge is -2.30. The number of aliphatic hydroxyl groups is 1. The molecule has 0 aromatic carbocycles. The molecule has 4 heteroatoms. The number of aliphatic hydroxyl groups excluding tert-OH is 1. The van der Waals surface area contributed by atoms with Crippen LogP contribution in [-0.4, -0.2) is 47.8 Å². The molecule has 1 saturated carbocycles. The first kappa shape index (κ1) is 11.9. The molecular weight excluding hydrogens is 206 g/mol. The van der Waals surface area contributed by atoms with Crippen molar-refractivity contribution in [1.82, 2.24) is 4.90 Å². The lowest BCUT2D eigenvalue weighted by atomic mass is 10.1. The maximum absolute atomic E-state index is 12.2. The van der Waals surface area contributed by atoms with Crippen LogP contribution in [0.5, 0.6) is 0 Å². The molecule has 1 aliphatic heterocycles. The maximum Gasteiger partial charge on any atom is 0.252 e. The molecule has 2 rings (SSSR count). The van der Waals surface area contributed by atoms with Crippen LogP contribution in [0, 0.1) is 0 Å². The second-order valence-electron chi connectivity index (χ2n) is 4.70. The van der Waals surface area contributed by atoms with Gasteiger partial charge in [0.15, 0.2) is 0 Å². The fraction of sp³-hybridized carbons (Fsp3) is 0.917. The van der Waals surface area contributed by atoms with Gasteiger partial charge in [-0.25, -0.2) is 0 Å². The van der Waals surface area contributed by atoms with Gasteiger partial charge in [-0.2, -0.15) is 0 Å². The SMILES string of the molecule is O=C([C@@H]1CCCO1)N(CCO)C1CCCC1. The van der Waals surface area contributed by atoms with Crippen molar-refractivity contribution in [3.8, 4) is 0 Å². The van der Waals surface area contributed by atoms with Gasteiger partial charge in [-0.15, -0.1) is 0 Å². The van der Waals surface area contributed by atoms with Crippen LogP contribution < -0.4 is 0 Å². The van der Waals surface area contributed by atoms with Crippen LogP contribution in [0.1, 0.15) is 38.5 Å². The van der Waals surface area contributed by atoms with Crippen LogP contribution >= 0.6 is 0 Å². The number of ether oxygens (including phenoxy) is 1. The summed E-state index contributed by atoms with van der Waals surface area (Å²) in [6, 6.07) is 0.337. The van der Waals surface area contributed by atoms with Gasteiger partial charge in [0.1, 0.15) is 6.10 Å². The normalized spacial score (nSPS) is 26.2. The molecule has 2 fully saturated rings. The quantitative estimate of drug-likeness (QED) is 0.777. The van der Waals surface area contributed by atoms with E-state index in [2.05, 4.69) is 0 Å². The van der Waals surface area contributed by atoms with Crippen LogP contribution in [0.3, 0.4) is 0 Å². The van der Waals surface area contributed by atoms with E-state index in [0.717, 1.165) is 25.7 Å². The first-order chi connectivity index (χ1) is 7.83. The third kappa shape index (κ3) is 2.55. The Morgan fingerprint density at radius 3 is 2.56 bits per heavy atom. The van der Waals surface area contributed by atoms with Crippen molar-refractivity contribution in [3.63, 3.8) is 0 Å². The summed E-state index contributed by atoms with van der Waals surface area (Å²) in [5.41, 5.74) is 0. The number of rotatable bonds is 4. The lowest BCUT2D eigenvalue weighted by molar-refractivity contribution is -0.143. The van der Waals surface area contributed by atoms with Gasteiger partial charge in [0.05, 0.1) is 6.61 Å². The molecule has 1 N–H and O–H groups in total. The van der Waals surface area contributed by atoms with E-state index in [0.29, 0.717) is 19.2 Å². The Balaban J connectivity index is 1.96. The van der Waals surface area contributed by atoms with E-state index in [1.807, 2.05) is 4.90 Å². The van der Waals surface area contributed by atoms with Gasteiger partial charge in [0.2, 0.25) is 0 Å². The Bertz CT molecular complexity index is 232. The Morgan fingerprint density at radius 1 is 1.25 bits per heavy atom. The van der Waals surface area contributed by atoms with Crippen molar-refractivity contribution in [2.75, 3.05) is 19.8 Å². The van der Waals surface area contributed by atoms with Crippen LogP contribution in [0.2, 0.25) is 0 Å². The van der Waals surface area contributed by atoms with E-state index in [1.165, 1.54) is 12.8 Å². The zero-order chi connectivity index (χ0) is 11.4. The molecule has 1 atom stereocenters. The summed E-state index contributed by atoms with van der Waals surface area (Å²) in [5.74, 6) is 0.0958. The third-order valence-electron chi connectivity index (χ3n) is 3.59. The number of amides is 1. The van der Waals surface area contributed by atoms with Crippen LogP contribution in [0.25, 0.3) is 0 Å². The highest BCUT2D eigenvalue weighted by molar-refractivity contribution is 5.81. The second kappa shape index (κ2) is 5.64. The summed E-state index contributed by atoms with van der Waals surface area (Å²) < 4.78 is 5.43. The average Bonchev–Trinajstić information content (AvgIpc) is 2.96. The Labute approximate surface area is 96.6 Å². The minimum atomic E-state index is -0.243. The van der Waals surface area contributed by atoms with E-state index in [1.54, 1.807) is 0 Å². The molecule has 2 aliphatic rings. The molecule has 0 spiro atoms. The van der Waals surface area contributed by atoms with Gasteiger partial charge in [-0.3, -0.25) is 4.79 Å². The molecule has 0 bridgehead atoms. The lowest BCUT2D eigenvalue weighted by Crippen LogP contribution is -2.45. The summed E-state index contributed by atoms with van der Waals surface area (Å²) in [7, 11) is 0. The number of nitrogens with zero attached hydrogens (tertiary/aromatic N) is 1. The van der Waals surface area contributed by atoms with Crippen molar-refractivity contribution in [2.45, 2.75) is 50.7 Å². The van der Waals surface area contributed by atoms with Crippen LogP contribution in [0.4, 0.5) is 0 Å². The largest absolute Gasteiger partial charge is 0.395 e. The average molecular weight is 227 g/mol. The van der Waals surface area contributed by atoms with Crippen LogP contribution in [0.15, 0.2) is 0 Å². The zero-order valence-corrected chi connectivity index (χ0v) is 9.73. The highest BCUT2D eigenvalue weighted by Gasteiger charge is 2.33. The summed E-state index contributed by atoms with van der Waals surface area (Å²) in [6.07, 6.45) is 6.14. The molecular formula is C12H21NO3. The molecule has 92 valence electrons. The predicted octanol–water partition coefficient (Wildman–Crippen LogP) is 0.929.